The minimum atomic E-state index is -0.133. The second kappa shape index (κ2) is 29.7. The Morgan fingerprint density at radius 2 is 0.272 bits per heavy atom. The number of hydrogen-bond acceptors (Lipinski definition) is 0. The lowest BCUT2D eigenvalue weighted by Crippen LogP contribution is -2.15. The van der Waals surface area contributed by atoms with Crippen LogP contribution in [0.25, 0.3) is 241 Å². The van der Waals surface area contributed by atoms with Crippen molar-refractivity contribution in [1.29, 1.82) is 0 Å². The van der Waals surface area contributed by atoms with Crippen molar-refractivity contribution < 1.29 is 0 Å². The van der Waals surface area contributed by atoms with Gasteiger partial charge in [0.2, 0.25) is 0 Å². The van der Waals surface area contributed by atoms with Crippen molar-refractivity contribution in [3.63, 3.8) is 0 Å². The molecule has 0 spiro atoms. The van der Waals surface area contributed by atoms with E-state index in [4.69, 9.17) is 0 Å². The Bertz CT molecular complexity index is 9240. The Balaban J connectivity index is 0.000000139. The molecule has 0 amide bonds. The molecular formula is C136H96. The van der Waals surface area contributed by atoms with Crippen LogP contribution in [0.2, 0.25) is 0 Å². The van der Waals surface area contributed by atoms with E-state index in [-0.39, 0.29) is 21.7 Å². The van der Waals surface area contributed by atoms with Crippen LogP contribution in [-0.4, -0.2) is 0 Å². The molecule has 24 aromatic rings. The van der Waals surface area contributed by atoms with Crippen LogP contribution in [0.1, 0.15) is 99.9 Å². The second-order valence-corrected chi connectivity index (χ2v) is 40.6. The normalized spacial score (nSPS) is 14.1. The molecule has 0 saturated carbocycles. The van der Waals surface area contributed by atoms with Crippen molar-refractivity contribution in [2.24, 2.45) is 0 Å². The Hall–Kier alpha value is -16.1. The second-order valence-electron chi connectivity index (χ2n) is 40.6. The van der Waals surface area contributed by atoms with Gasteiger partial charge in [0.1, 0.15) is 0 Å². The quantitative estimate of drug-likeness (QED) is 0.133. The SMILES string of the molecule is CC1(C)c2ccccc2-c2ccc(-c3c4ccccc4c(-c4ccc5c(-c6ccc7c(c6)C(C)(C)c6ccccc6-7)c6ccccc6c(-c6ccc7c(c6)C(C)(C)c6ccccc6-7)c5c4)c4ccccc34)cc21.CC1(C)c2ccccc2-c2ccc(-c3c4ccccc4c(-c4ccc5c(-c6ccc7ccccc7c6)c6ccccc6c(-c6ccc7ccccc7c6)c5c4)c4ccccc34)cc21. The summed E-state index contributed by atoms with van der Waals surface area (Å²) in [5, 5.41) is 25.2. The highest BCUT2D eigenvalue weighted by Gasteiger charge is 2.41. The Labute approximate surface area is 793 Å². The lowest BCUT2D eigenvalue weighted by Gasteiger charge is -2.24. The van der Waals surface area contributed by atoms with Crippen LogP contribution in [0.4, 0.5) is 0 Å². The summed E-state index contributed by atoms with van der Waals surface area (Å²) >= 11 is 0. The molecule has 4 aliphatic rings. The molecule has 0 fully saturated rings. The smallest absolute Gasteiger partial charge is 0.0159 e. The molecule has 0 atom stereocenters. The monoisotopic (exact) mass is 1730 g/mol. The van der Waals surface area contributed by atoms with Crippen LogP contribution < -0.4 is 0 Å². The van der Waals surface area contributed by atoms with Gasteiger partial charge in [-0.1, -0.05) is 444 Å². The molecular weight excluding hydrogens is 1630 g/mol. The fraction of sp³-hybridized carbons (Fsp3) is 0.0882. The van der Waals surface area contributed by atoms with E-state index in [1.165, 1.54) is 286 Å². The third-order valence-corrected chi connectivity index (χ3v) is 32.1. The molecule has 640 valence electrons. The van der Waals surface area contributed by atoms with Crippen molar-refractivity contribution in [2.45, 2.75) is 77.0 Å². The Kier molecular flexibility index (Phi) is 17.4. The molecule has 0 saturated heterocycles. The lowest BCUT2D eigenvalue weighted by molar-refractivity contribution is 0.660. The maximum Gasteiger partial charge on any atom is 0.0159 e. The predicted octanol–water partition coefficient (Wildman–Crippen LogP) is 37.5. The number of hydrogen-bond donors (Lipinski definition) is 0. The van der Waals surface area contributed by atoms with E-state index in [0.29, 0.717) is 0 Å². The van der Waals surface area contributed by atoms with Crippen LogP contribution in [0, 0.1) is 0 Å². The van der Waals surface area contributed by atoms with Crippen LogP contribution in [-0.2, 0) is 21.7 Å². The van der Waals surface area contributed by atoms with E-state index in [1.807, 2.05) is 0 Å². The third-order valence-electron chi connectivity index (χ3n) is 32.1. The highest BCUT2D eigenvalue weighted by atomic mass is 14.4. The molecule has 136 heavy (non-hydrogen) atoms. The van der Waals surface area contributed by atoms with Gasteiger partial charge in [-0.15, -0.1) is 0 Å². The number of benzene rings is 24. The van der Waals surface area contributed by atoms with E-state index >= 15 is 0 Å². The first-order valence-corrected chi connectivity index (χ1v) is 48.3. The molecule has 0 nitrogen and oxygen atoms in total. The molecule has 0 aliphatic heterocycles. The topological polar surface area (TPSA) is 0 Å². The summed E-state index contributed by atoms with van der Waals surface area (Å²) in [5.74, 6) is 0. The zero-order chi connectivity index (χ0) is 90.9. The zero-order valence-electron chi connectivity index (χ0n) is 77.6. The van der Waals surface area contributed by atoms with Crippen LogP contribution in [0.5, 0.6) is 0 Å². The fourth-order valence-electron chi connectivity index (χ4n) is 25.5. The molecule has 24 aromatic carbocycles. The van der Waals surface area contributed by atoms with Crippen molar-refractivity contribution >= 4 is 108 Å². The summed E-state index contributed by atoms with van der Waals surface area (Å²) in [6.07, 6.45) is 0. The van der Waals surface area contributed by atoms with Gasteiger partial charge in [0.25, 0.3) is 0 Å². The lowest BCUT2D eigenvalue weighted by atomic mass is 9.79. The average Bonchev–Trinajstić information content (AvgIpc) is 1.13. The maximum atomic E-state index is 2.55. The van der Waals surface area contributed by atoms with Gasteiger partial charge in [-0.05, 0) is 334 Å². The average molecular weight is 1730 g/mol. The van der Waals surface area contributed by atoms with Gasteiger partial charge in [0, 0.05) is 21.7 Å². The largest absolute Gasteiger partial charge is 0.0619 e. The first-order valence-electron chi connectivity index (χ1n) is 48.3. The van der Waals surface area contributed by atoms with Crippen LogP contribution in [0.15, 0.2) is 437 Å². The van der Waals surface area contributed by atoms with E-state index < -0.39 is 0 Å². The van der Waals surface area contributed by atoms with Gasteiger partial charge in [-0.2, -0.15) is 0 Å². The summed E-state index contributed by atoms with van der Waals surface area (Å²) in [6, 6.07) is 166. The van der Waals surface area contributed by atoms with E-state index in [2.05, 4.69) is 492 Å². The predicted molar refractivity (Wildman–Crippen MR) is 582 cm³/mol. The summed E-state index contributed by atoms with van der Waals surface area (Å²) in [4.78, 5) is 0. The number of fused-ring (bicyclic) bond motifs is 22. The maximum absolute atomic E-state index is 2.55. The molecule has 4 aliphatic carbocycles. The van der Waals surface area contributed by atoms with Gasteiger partial charge >= 0.3 is 0 Å². The highest BCUT2D eigenvalue weighted by Crippen LogP contribution is 2.59. The molecule has 0 radical (unpaired) electrons. The fourth-order valence-corrected chi connectivity index (χ4v) is 25.5. The first kappa shape index (κ1) is 79.6. The van der Waals surface area contributed by atoms with Gasteiger partial charge < -0.3 is 0 Å². The minimum Gasteiger partial charge on any atom is -0.0619 e. The van der Waals surface area contributed by atoms with E-state index in [0.717, 1.165) is 0 Å². The minimum absolute atomic E-state index is 0.0861. The van der Waals surface area contributed by atoms with E-state index in [9.17, 15) is 0 Å². The molecule has 0 aromatic heterocycles. The zero-order valence-corrected chi connectivity index (χ0v) is 77.6. The Morgan fingerprint density at radius 1 is 0.110 bits per heavy atom. The molecule has 0 heteroatoms. The van der Waals surface area contributed by atoms with Crippen molar-refractivity contribution in [3.05, 3.63) is 481 Å². The summed E-state index contributed by atoms with van der Waals surface area (Å²) in [7, 11) is 0. The number of rotatable bonds is 8. The summed E-state index contributed by atoms with van der Waals surface area (Å²) < 4.78 is 0. The van der Waals surface area contributed by atoms with Crippen LogP contribution >= 0.6 is 0 Å². The van der Waals surface area contributed by atoms with Gasteiger partial charge in [-0.3, -0.25) is 0 Å². The summed E-state index contributed by atoms with van der Waals surface area (Å²) in [5.41, 5.74) is 41.7. The Morgan fingerprint density at radius 3 is 0.515 bits per heavy atom. The molecule has 0 heterocycles. The highest BCUT2D eigenvalue weighted by molar-refractivity contribution is 6.28. The third kappa shape index (κ3) is 11.6. The van der Waals surface area contributed by atoms with Gasteiger partial charge in [0.15, 0.2) is 0 Å². The van der Waals surface area contributed by atoms with Crippen molar-refractivity contribution in [1.82, 2.24) is 0 Å². The van der Waals surface area contributed by atoms with Gasteiger partial charge in [-0.25, -0.2) is 0 Å². The van der Waals surface area contributed by atoms with E-state index in [1.54, 1.807) is 0 Å². The molecule has 28 rings (SSSR count). The van der Waals surface area contributed by atoms with Crippen LogP contribution in [0.3, 0.4) is 0 Å². The van der Waals surface area contributed by atoms with Crippen molar-refractivity contribution in [2.75, 3.05) is 0 Å². The summed E-state index contributed by atoms with van der Waals surface area (Å²) in [6.45, 7) is 19.1. The van der Waals surface area contributed by atoms with Gasteiger partial charge in [0.05, 0.1) is 0 Å². The van der Waals surface area contributed by atoms with Crippen molar-refractivity contribution in [3.8, 4) is 134 Å². The molecule has 0 unspecified atom stereocenters. The first-order chi connectivity index (χ1) is 66.5. The molecule has 0 N–H and O–H groups in total. The molecule has 0 bridgehead atoms. The standard InChI is InChI=1S/C73H54.C63H42/c1-71(2)61-28-16-13-19-47(61)50-35-31-44(40-64(50)71)68-55-24-9-7-22-53(55)67(54-23-8-10-25-56(54)68)43-34-38-59-60(39-43)70(46-33-37-52-49-21-15-18-30-63(49)73(5,6)66(52)42-46)58-27-12-11-26-57(58)69(59)45-32-36-51-48-20-14-17-29-62(48)72(3,4)65(51)41-45;1-63(2)57-26-14-13-19-47(57)48-33-31-46(38-58(48)63)61-51-22-9-7-20-49(51)60(50-21-8-10-23-52(50)61)45-32-34-55-56(37-45)62(44-30-28-40-16-4-6-18-42(40)36-44)54-25-12-11-24-53(54)59(55)43-29-27-39-15-3-5-17-41(39)35-43/h7-42H,1-6H3;3-38H,1-2H3.